The fourth-order valence-corrected chi connectivity index (χ4v) is 3.53. The largest absolute Gasteiger partial charge is 0.379 e. The maximum Gasteiger partial charge on any atom is 0.220 e. The monoisotopic (exact) mass is 352 g/mol. The van der Waals surface area contributed by atoms with Crippen LogP contribution in [0.15, 0.2) is 24.3 Å². The molecule has 0 bridgehead atoms. The Labute approximate surface area is 150 Å². The maximum absolute atomic E-state index is 12.2. The van der Waals surface area contributed by atoms with E-state index in [1.165, 1.54) is 0 Å². The summed E-state index contributed by atoms with van der Waals surface area (Å²) in [4.78, 5) is 14.6. The van der Waals surface area contributed by atoms with E-state index in [4.69, 9.17) is 16.3 Å². The Balaban J connectivity index is 2.01. The number of halogens is 1. The van der Waals surface area contributed by atoms with E-state index in [0.29, 0.717) is 18.9 Å². The average Bonchev–Trinajstić information content (AvgIpc) is 2.57. The molecule has 0 aliphatic carbocycles. The van der Waals surface area contributed by atoms with E-state index < -0.39 is 0 Å². The summed E-state index contributed by atoms with van der Waals surface area (Å²) >= 11 is 6.41. The fourth-order valence-electron chi connectivity index (χ4n) is 3.26. The van der Waals surface area contributed by atoms with Gasteiger partial charge in [0, 0.05) is 31.1 Å². The Morgan fingerprint density at radius 1 is 1.33 bits per heavy atom. The first-order chi connectivity index (χ1) is 11.6. The average molecular weight is 353 g/mol. The zero-order valence-electron chi connectivity index (χ0n) is 14.8. The van der Waals surface area contributed by atoms with Crippen molar-refractivity contribution in [1.82, 2.24) is 10.2 Å². The highest BCUT2D eigenvalue weighted by Crippen LogP contribution is 2.27. The highest BCUT2D eigenvalue weighted by molar-refractivity contribution is 6.31. The molecule has 1 aromatic carbocycles. The third-order valence-corrected chi connectivity index (χ3v) is 4.90. The molecular weight excluding hydrogens is 324 g/mol. The first kappa shape index (κ1) is 19.2. The van der Waals surface area contributed by atoms with Gasteiger partial charge in [-0.15, -0.1) is 0 Å². The van der Waals surface area contributed by atoms with E-state index >= 15 is 0 Å². The minimum atomic E-state index is 0.0908. The number of morpholine rings is 1. The molecule has 5 heteroatoms. The fraction of sp³-hybridized carbons (Fsp3) is 0.632. The molecule has 1 amide bonds. The number of amides is 1. The number of rotatable bonds is 8. The summed E-state index contributed by atoms with van der Waals surface area (Å²) < 4.78 is 5.46. The molecule has 0 saturated carbocycles. The van der Waals surface area contributed by atoms with Gasteiger partial charge in [-0.25, -0.2) is 0 Å². The molecule has 24 heavy (non-hydrogen) atoms. The van der Waals surface area contributed by atoms with Crippen LogP contribution in [0.5, 0.6) is 0 Å². The first-order valence-electron chi connectivity index (χ1n) is 8.94. The second kappa shape index (κ2) is 10.0. The topological polar surface area (TPSA) is 41.6 Å². The van der Waals surface area contributed by atoms with Crippen LogP contribution in [-0.4, -0.2) is 43.7 Å². The van der Waals surface area contributed by atoms with E-state index in [1.807, 2.05) is 24.3 Å². The van der Waals surface area contributed by atoms with E-state index in [9.17, 15) is 4.79 Å². The van der Waals surface area contributed by atoms with Gasteiger partial charge in [0.15, 0.2) is 0 Å². The van der Waals surface area contributed by atoms with Crippen LogP contribution >= 0.6 is 11.6 Å². The molecule has 1 aliphatic heterocycles. The highest BCUT2D eigenvalue weighted by atomic mass is 35.5. The van der Waals surface area contributed by atoms with Crippen molar-refractivity contribution in [2.45, 2.75) is 39.2 Å². The Hall–Kier alpha value is -1.10. The smallest absolute Gasteiger partial charge is 0.220 e. The summed E-state index contributed by atoms with van der Waals surface area (Å²) in [7, 11) is 0. The molecule has 2 unspecified atom stereocenters. The molecule has 1 aromatic rings. The molecular formula is C19H29ClN2O2. The minimum Gasteiger partial charge on any atom is -0.379 e. The number of ether oxygens (including phenoxy) is 1. The Morgan fingerprint density at radius 3 is 2.71 bits per heavy atom. The number of benzene rings is 1. The molecule has 1 heterocycles. The molecule has 1 aliphatic rings. The van der Waals surface area contributed by atoms with Gasteiger partial charge >= 0.3 is 0 Å². The Morgan fingerprint density at radius 2 is 2.04 bits per heavy atom. The number of nitrogens with one attached hydrogen (secondary N) is 1. The molecule has 1 N–H and O–H groups in total. The number of carbonyl (C=O) groups excluding carboxylic acids is 1. The lowest BCUT2D eigenvalue weighted by atomic mass is 10.0. The summed E-state index contributed by atoms with van der Waals surface area (Å²) in [5.74, 6) is 0.554. The van der Waals surface area contributed by atoms with Gasteiger partial charge in [-0.3, -0.25) is 9.69 Å². The molecule has 0 radical (unpaired) electrons. The third kappa shape index (κ3) is 5.76. The van der Waals surface area contributed by atoms with E-state index in [1.54, 1.807) is 0 Å². The summed E-state index contributed by atoms with van der Waals surface area (Å²) in [5, 5.41) is 3.87. The number of hydrogen-bond acceptors (Lipinski definition) is 3. The van der Waals surface area contributed by atoms with Crippen molar-refractivity contribution in [2.75, 3.05) is 32.8 Å². The number of carbonyl (C=O) groups is 1. The van der Waals surface area contributed by atoms with Crippen LogP contribution < -0.4 is 5.32 Å². The number of hydrogen-bond donors (Lipinski definition) is 1. The lowest BCUT2D eigenvalue weighted by molar-refractivity contribution is -0.122. The molecule has 0 spiro atoms. The minimum absolute atomic E-state index is 0.0908. The zero-order chi connectivity index (χ0) is 17.4. The summed E-state index contributed by atoms with van der Waals surface area (Å²) in [6.45, 7) is 8.04. The highest BCUT2D eigenvalue weighted by Gasteiger charge is 2.25. The van der Waals surface area contributed by atoms with Crippen LogP contribution in [0.1, 0.15) is 44.7 Å². The van der Waals surface area contributed by atoms with Gasteiger partial charge < -0.3 is 10.1 Å². The van der Waals surface area contributed by atoms with Crippen molar-refractivity contribution < 1.29 is 9.53 Å². The second-order valence-corrected chi connectivity index (χ2v) is 6.99. The second-order valence-electron chi connectivity index (χ2n) is 6.59. The van der Waals surface area contributed by atoms with Crippen molar-refractivity contribution in [3.05, 3.63) is 34.9 Å². The zero-order valence-corrected chi connectivity index (χ0v) is 15.5. The van der Waals surface area contributed by atoms with Crippen LogP contribution in [0.25, 0.3) is 0 Å². The summed E-state index contributed by atoms with van der Waals surface area (Å²) in [6, 6.07) is 7.99. The SMILES string of the molecule is CCCC(C)CC(=O)NCC(c1ccccc1Cl)N1CCOCC1. The summed E-state index contributed by atoms with van der Waals surface area (Å²) in [6.07, 6.45) is 2.79. The summed E-state index contributed by atoms with van der Waals surface area (Å²) in [5.41, 5.74) is 1.07. The van der Waals surface area contributed by atoms with Crippen molar-refractivity contribution in [3.8, 4) is 0 Å². The van der Waals surface area contributed by atoms with E-state index in [0.717, 1.165) is 49.7 Å². The van der Waals surface area contributed by atoms with Crippen LogP contribution in [0, 0.1) is 5.92 Å². The lowest BCUT2D eigenvalue weighted by Gasteiger charge is -2.35. The molecule has 134 valence electrons. The van der Waals surface area contributed by atoms with Crippen molar-refractivity contribution in [1.29, 1.82) is 0 Å². The normalized spacial score (nSPS) is 18.1. The quantitative estimate of drug-likeness (QED) is 0.776. The van der Waals surface area contributed by atoms with Gasteiger partial charge in [-0.1, -0.05) is 56.5 Å². The van der Waals surface area contributed by atoms with Gasteiger partial charge in [0.2, 0.25) is 5.91 Å². The van der Waals surface area contributed by atoms with Gasteiger partial charge in [-0.05, 0) is 17.5 Å². The van der Waals surface area contributed by atoms with Crippen LogP contribution in [-0.2, 0) is 9.53 Å². The predicted molar refractivity (Wildman–Crippen MR) is 98.3 cm³/mol. The molecule has 2 atom stereocenters. The van der Waals surface area contributed by atoms with Gasteiger partial charge in [0.1, 0.15) is 0 Å². The first-order valence-corrected chi connectivity index (χ1v) is 9.32. The Bertz CT molecular complexity index is 518. The van der Waals surface area contributed by atoms with Crippen LogP contribution in [0.4, 0.5) is 0 Å². The number of nitrogens with zero attached hydrogens (tertiary/aromatic N) is 1. The Kier molecular flexibility index (Phi) is 8.03. The molecule has 4 nitrogen and oxygen atoms in total. The predicted octanol–water partition coefficient (Wildman–Crippen LogP) is 3.66. The maximum atomic E-state index is 12.2. The van der Waals surface area contributed by atoms with Crippen LogP contribution in [0.3, 0.4) is 0 Å². The van der Waals surface area contributed by atoms with Crippen molar-refractivity contribution in [2.24, 2.45) is 5.92 Å². The molecule has 0 aromatic heterocycles. The van der Waals surface area contributed by atoms with E-state index in [-0.39, 0.29) is 11.9 Å². The van der Waals surface area contributed by atoms with Crippen molar-refractivity contribution in [3.63, 3.8) is 0 Å². The van der Waals surface area contributed by atoms with Crippen molar-refractivity contribution >= 4 is 17.5 Å². The van der Waals surface area contributed by atoms with Gasteiger partial charge in [0.05, 0.1) is 19.3 Å². The standard InChI is InChI=1S/C19H29ClN2O2/c1-3-6-15(2)13-19(23)21-14-18(22-9-11-24-12-10-22)16-7-4-5-8-17(16)20/h4-5,7-8,15,18H,3,6,9-14H2,1-2H3,(H,21,23). The molecule has 2 rings (SSSR count). The lowest BCUT2D eigenvalue weighted by Crippen LogP contribution is -2.44. The van der Waals surface area contributed by atoms with Gasteiger partial charge in [-0.2, -0.15) is 0 Å². The van der Waals surface area contributed by atoms with Crippen LogP contribution in [0.2, 0.25) is 5.02 Å². The van der Waals surface area contributed by atoms with Gasteiger partial charge in [0.25, 0.3) is 0 Å². The van der Waals surface area contributed by atoms with E-state index in [2.05, 4.69) is 24.1 Å². The molecule has 1 fully saturated rings. The third-order valence-electron chi connectivity index (χ3n) is 4.56. The molecule has 1 saturated heterocycles.